The van der Waals surface area contributed by atoms with Crippen LogP contribution in [0.5, 0.6) is 0 Å². The molecule has 7 heteroatoms. The van der Waals surface area contributed by atoms with Gasteiger partial charge in [-0.15, -0.1) is 0 Å². The van der Waals surface area contributed by atoms with Crippen molar-refractivity contribution in [1.82, 2.24) is 15.5 Å². The van der Waals surface area contributed by atoms with Crippen molar-refractivity contribution in [3.63, 3.8) is 0 Å². The minimum absolute atomic E-state index is 0.109. The van der Waals surface area contributed by atoms with Crippen LogP contribution in [0, 0.1) is 13.8 Å². The molecule has 1 aliphatic heterocycles. The summed E-state index contributed by atoms with van der Waals surface area (Å²) in [5.74, 6) is 0.109. The van der Waals surface area contributed by atoms with Crippen molar-refractivity contribution in [3.05, 3.63) is 89.5 Å². The second-order valence-corrected chi connectivity index (χ2v) is 11.2. The van der Waals surface area contributed by atoms with Gasteiger partial charge in [-0.1, -0.05) is 73.2 Å². The molecule has 1 heterocycles. The SMILES string of the molecule is Cc1ccc(CNCCCCCNC(=O)CCN2CCC(OC(=O)Nc3ccccc3-c3ccccc3)CC2)cc1C. The first-order chi connectivity index (χ1) is 20.5. The zero-order valence-electron chi connectivity index (χ0n) is 25.2. The van der Waals surface area contributed by atoms with E-state index in [4.69, 9.17) is 4.74 Å². The number of amides is 2. The predicted molar refractivity (Wildman–Crippen MR) is 171 cm³/mol. The second kappa shape index (κ2) is 16.7. The Labute approximate surface area is 251 Å². The number of piperidine rings is 1. The number of para-hydroxylation sites is 1. The number of aryl methyl sites for hydroxylation is 2. The Bertz CT molecular complexity index is 1270. The summed E-state index contributed by atoms with van der Waals surface area (Å²) in [4.78, 5) is 27.2. The van der Waals surface area contributed by atoms with Gasteiger partial charge in [-0.2, -0.15) is 0 Å². The number of nitrogens with zero attached hydrogens (tertiary/aromatic N) is 1. The van der Waals surface area contributed by atoms with Crippen LogP contribution < -0.4 is 16.0 Å². The van der Waals surface area contributed by atoms with Gasteiger partial charge in [0.2, 0.25) is 5.91 Å². The molecule has 1 fully saturated rings. The van der Waals surface area contributed by atoms with Crippen LogP contribution in [0.15, 0.2) is 72.8 Å². The van der Waals surface area contributed by atoms with Gasteiger partial charge in [0.15, 0.2) is 0 Å². The van der Waals surface area contributed by atoms with Crippen LogP contribution in [-0.4, -0.2) is 55.7 Å². The highest BCUT2D eigenvalue weighted by molar-refractivity contribution is 5.91. The first-order valence-corrected chi connectivity index (χ1v) is 15.4. The summed E-state index contributed by atoms with van der Waals surface area (Å²) in [5.41, 5.74) is 6.74. The lowest BCUT2D eigenvalue weighted by atomic mass is 10.0. The molecule has 0 unspecified atom stereocenters. The van der Waals surface area contributed by atoms with Crippen LogP contribution in [0.4, 0.5) is 10.5 Å². The Morgan fingerprint density at radius 2 is 1.60 bits per heavy atom. The van der Waals surface area contributed by atoms with Crippen molar-refractivity contribution < 1.29 is 14.3 Å². The fraction of sp³-hybridized carbons (Fsp3) is 0.429. The first-order valence-electron chi connectivity index (χ1n) is 15.4. The standard InChI is InChI=1S/C35H46N4O3/c1-27-15-16-29(25-28(27)2)26-36-20-9-4-10-21-37-34(40)19-24-39-22-17-31(18-23-39)42-35(41)38-33-14-8-7-13-32(33)30-11-5-3-6-12-30/h3,5-8,11-16,25,31,36H,4,9-10,17-24,26H2,1-2H3,(H,37,40)(H,38,41). The number of rotatable bonds is 14. The summed E-state index contributed by atoms with van der Waals surface area (Å²) in [6, 6.07) is 24.4. The van der Waals surface area contributed by atoms with Crippen LogP contribution in [-0.2, 0) is 16.1 Å². The maximum Gasteiger partial charge on any atom is 0.411 e. The summed E-state index contributed by atoms with van der Waals surface area (Å²) in [6.07, 6.45) is 4.70. The number of anilines is 1. The Morgan fingerprint density at radius 3 is 2.38 bits per heavy atom. The number of carbonyl (C=O) groups is 2. The molecule has 42 heavy (non-hydrogen) atoms. The molecule has 0 saturated carbocycles. The van der Waals surface area contributed by atoms with Gasteiger partial charge in [0, 0.05) is 44.7 Å². The highest BCUT2D eigenvalue weighted by Gasteiger charge is 2.23. The lowest BCUT2D eigenvalue weighted by Gasteiger charge is -2.31. The second-order valence-electron chi connectivity index (χ2n) is 11.2. The van der Waals surface area contributed by atoms with Crippen LogP contribution in [0.2, 0.25) is 0 Å². The van der Waals surface area contributed by atoms with E-state index in [1.54, 1.807) is 0 Å². The largest absolute Gasteiger partial charge is 0.446 e. The highest BCUT2D eigenvalue weighted by atomic mass is 16.6. The Morgan fingerprint density at radius 1 is 0.857 bits per heavy atom. The summed E-state index contributed by atoms with van der Waals surface area (Å²) in [7, 11) is 0. The summed E-state index contributed by atoms with van der Waals surface area (Å²) in [5, 5.41) is 9.50. The lowest BCUT2D eigenvalue weighted by molar-refractivity contribution is -0.121. The van der Waals surface area contributed by atoms with Gasteiger partial charge in [0.25, 0.3) is 0 Å². The minimum Gasteiger partial charge on any atom is -0.446 e. The molecule has 0 atom stereocenters. The van der Waals surface area contributed by atoms with Crippen LogP contribution in [0.1, 0.15) is 55.2 Å². The fourth-order valence-corrected chi connectivity index (χ4v) is 5.28. The van der Waals surface area contributed by atoms with E-state index < -0.39 is 6.09 Å². The van der Waals surface area contributed by atoms with Crippen molar-refractivity contribution in [2.24, 2.45) is 0 Å². The maximum absolute atomic E-state index is 12.6. The van der Waals surface area contributed by atoms with E-state index in [2.05, 4.69) is 52.9 Å². The highest BCUT2D eigenvalue weighted by Crippen LogP contribution is 2.28. The van der Waals surface area contributed by atoms with Crippen LogP contribution >= 0.6 is 0 Å². The number of hydrogen-bond donors (Lipinski definition) is 3. The molecule has 0 spiro atoms. The smallest absolute Gasteiger partial charge is 0.411 e. The fourth-order valence-electron chi connectivity index (χ4n) is 5.28. The molecule has 3 N–H and O–H groups in total. The number of benzene rings is 3. The molecule has 2 amide bonds. The normalized spacial score (nSPS) is 14.0. The molecule has 0 radical (unpaired) electrons. The maximum atomic E-state index is 12.6. The van der Waals surface area contributed by atoms with Crippen molar-refractivity contribution in [1.29, 1.82) is 0 Å². The average molecular weight is 571 g/mol. The number of unbranched alkanes of at least 4 members (excludes halogenated alkanes) is 2. The Kier molecular flexibility index (Phi) is 12.4. The quantitative estimate of drug-likeness (QED) is 0.194. The molecule has 1 saturated heterocycles. The molecule has 4 rings (SSSR count). The molecular weight excluding hydrogens is 524 g/mol. The van der Waals surface area contributed by atoms with E-state index >= 15 is 0 Å². The average Bonchev–Trinajstić information content (AvgIpc) is 3.00. The zero-order valence-corrected chi connectivity index (χ0v) is 25.2. The van der Waals surface area contributed by atoms with Gasteiger partial charge >= 0.3 is 6.09 Å². The third kappa shape index (κ3) is 10.3. The number of carbonyl (C=O) groups excluding carboxylic acids is 2. The van der Waals surface area contributed by atoms with Gasteiger partial charge < -0.3 is 20.3 Å². The van der Waals surface area contributed by atoms with Crippen molar-refractivity contribution in [3.8, 4) is 11.1 Å². The summed E-state index contributed by atoms with van der Waals surface area (Å²) < 4.78 is 5.73. The van der Waals surface area contributed by atoms with E-state index in [-0.39, 0.29) is 12.0 Å². The molecule has 1 aliphatic rings. The number of likely N-dealkylation sites (tertiary alicyclic amines) is 1. The summed E-state index contributed by atoms with van der Waals surface area (Å²) >= 11 is 0. The third-order valence-corrected chi connectivity index (χ3v) is 7.96. The zero-order chi connectivity index (χ0) is 29.6. The van der Waals surface area contributed by atoms with Crippen molar-refractivity contribution in [2.45, 2.75) is 65.0 Å². The van der Waals surface area contributed by atoms with Gasteiger partial charge in [-0.05, 0) is 74.4 Å². The molecule has 0 bridgehead atoms. The van der Waals surface area contributed by atoms with E-state index in [0.29, 0.717) is 6.42 Å². The van der Waals surface area contributed by atoms with Crippen molar-refractivity contribution >= 4 is 17.7 Å². The third-order valence-electron chi connectivity index (χ3n) is 7.96. The van der Waals surface area contributed by atoms with Gasteiger partial charge in [0.1, 0.15) is 6.10 Å². The number of ether oxygens (including phenoxy) is 1. The molecule has 7 nitrogen and oxygen atoms in total. The van der Waals surface area contributed by atoms with E-state index in [1.807, 2.05) is 54.6 Å². The lowest BCUT2D eigenvalue weighted by Crippen LogP contribution is -2.40. The van der Waals surface area contributed by atoms with E-state index in [9.17, 15) is 9.59 Å². The van der Waals surface area contributed by atoms with Gasteiger partial charge in [0.05, 0.1) is 5.69 Å². The topological polar surface area (TPSA) is 82.7 Å². The van der Waals surface area contributed by atoms with Gasteiger partial charge in [-0.25, -0.2) is 4.79 Å². The number of hydrogen-bond acceptors (Lipinski definition) is 5. The minimum atomic E-state index is -0.423. The van der Waals surface area contributed by atoms with Crippen molar-refractivity contribution in [2.75, 3.05) is 38.0 Å². The molecule has 3 aromatic carbocycles. The van der Waals surface area contributed by atoms with Crippen LogP contribution in [0.25, 0.3) is 11.1 Å². The predicted octanol–water partition coefficient (Wildman–Crippen LogP) is 6.45. The molecule has 0 aliphatic carbocycles. The molecule has 3 aromatic rings. The van der Waals surface area contributed by atoms with Crippen LogP contribution in [0.3, 0.4) is 0 Å². The molecule has 0 aromatic heterocycles. The molecular formula is C35H46N4O3. The van der Waals surface area contributed by atoms with Gasteiger partial charge in [-0.3, -0.25) is 10.1 Å². The Balaban J connectivity index is 1.03. The molecule has 224 valence electrons. The Hall–Kier alpha value is -3.68. The van der Waals surface area contributed by atoms with E-state index in [1.165, 1.54) is 16.7 Å². The first kappa shape index (κ1) is 31.3. The monoisotopic (exact) mass is 570 g/mol. The van der Waals surface area contributed by atoms with E-state index in [0.717, 1.165) is 88.2 Å². The summed E-state index contributed by atoms with van der Waals surface area (Å²) in [6.45, 7) is 9.29. The number of nitrogens with one attached hydrogen (secondary N) is 3.